The lowest BCUT2D eigenvalue weighted by atomic mass is 10.0. The summed E-state index contributed by atoms with van der Waals surface area (Å²) in [7, 11) is 0. The smallest absolute Gasteiger partial charge is 0.329 e. The maximum absolute atomic E-state index is 11.5. The molecule has 0 spiro atoms. The van der Waals surface area contributed by atoms with E-state index in [2.05, 4.69) is 5.32 Å². The van der Waals surface area contributed by atoms with Crippen molar-refractivity contribution in [1.29, 1.82) is 0 Å². The molecule has 2 N–H and O–H groups in total. The summed E-state index contributed by atoms with van der Waals surface area (Å²) in [5, 5.41) is 10.8. The number of nitrogens with zero attached hydrogens (tertiary/aromatic N) is 1. The summed E-state index contributed by atoms with van der Waals surface area (Å²) in [5.74, 6) is -1.43. The van der Waals surface area contributed by atoms with E-state index in [1.807, 2.05) is 4.90 Å². The van der Waals surface area contributed by atoms with Crippen molar-refractivity contribution in [2.24, 2.45) is 0 Å². The molecule has 100 valence electrons. The van der Waals surface area contributed by atoms with Gasteiger partial charge in [-0.1, -0.05) is 0 Å². The molecule has 0 bridgehead atoms. The topological polar surface area (TPSA) is 95.9 Å². The van der Waals surface area contributed by atoms with Gasteiger partial charge in [0.05, 0.1) is 18.6 Å². The van der Waals surface area contributed by atoms with Crippen LogP contribution in [0.3, 0.4) is 0 Å². The Hall–Kier alpha value is -1.47. The SMILES string of the molecule is O=C(O)COC1CCN(C2CC(=O)NC2=O)CC1. The number of imide groups is 1. The Labute approximate surface area is 104 Å². The number of amides is 2. The van der Waals surface area contributed by atoms with E-state index in [0.29, 0.717) is 25.9 Å². The van der Waals surface area contributed by atoms with Crippen LogP contribution in [0.4, 0.5) is 0 Å². The molecular formula is C11H16N2O5. The van der Waals surface area contributed by atoms with Crippen molar-refractivity contribution in [3.63, 3.8) is 0 Å². The van der Waals surface area contributed by atoms with Gasteiger partial charge < -0.3 is 9.84 Å². The minimum absolute atomic E-state index is 0.0717. The first kappa shape index (κ1) is 13.0. The van der Waals surface area contributed by atoms with Gasteiger partial charge in [-0.15, -0.1) is 0 Å². The molecule has 2 heterocycles. The fraction of sp³-hybridized carbons (Fsp3) is 0.727. The average molecular weight is 256 g/mol. The molecule has 2 rings (SSSR count). The van der Waals surface area contributed by atoms with Gasteiger partial charge in [-0.2, -0.15) is 0 Å². The van der Waals surface area contributed by atoms with Crippen LogP contribution in [0.15, 0.2) is 0 Å². The summed E-state index contributed by atoms with van der Waals surface area (Å²) in [6, 6.07) is -0.363. The molecule has 0 saturated carbocycles. The number of hydrogen-bond donors (Lipinski definition) is 2. The molecule has 0 aromatic heterocycles. The molecule has 2 aliphatic rings. The van der Waals surface area contributed by atoms with Crippen molar-refractivity contribution in [3.8, 4) is 0 Å². The quantitative estimate of drug-likeness (QED) is 0.624. The summed E-state index contributed by atoms with van der Waals surface area (Å²) in [5.41, 5.74) is 0. The molecule has 0 aromatic carbocycles. The first-order valence-electron chi connectivity index (χ1n) is 5.97. The third-order valence-corrected chi connectivity index (χ3v) is 3.30. The maximum atomic E-state index is 11.5. The number of rotatable bonds is 4. The van der Waals surface area contributed by atoms with Gasteiger partial charge in [0.15, 0.2) is 0 Å². The van der Waals surface area contributed by atoms with Crippen molar-refractivity contribution >= 4 is 17.8 Å². The van der Waals surface area contributed by atoms with Crippen molar-refractivity contribution in [2.75, 3.05) is 19.7 Å². The van der Waals surface area contributed by atoms with E-state index < -0.39 is 5.97 Å². The summed E-state index contributed by atoms with van der Waals surface area (Å²) in [6.07, 6.45) is 1.52. The van der Waals surface area contributed by atoms with E-state index in [1.54, 1.807) is 0 Å². The van der Waals surface area contributed by atoms with Gasteiger partial charge in [-0.25, -0.2) is 4.79 Å². The zero-order valence-electron chi connectivity index (χ0n) is 9.92. The van der Waals surface area contributed by atoms with Gasteiger partial charge in [-0.05, 0) is 12.8 Å². The number of carbonyl (C=O) groups is 3. The molecule has 0 aromatic rings. The number of piperidine rings is 1. The Morgan fingerprint density at radius 3 is 2.56 bits per heavy atom. The highest BCUT2D eigenvalue weighted by atomic mass is 16.5. The molecule has 2 saturated heterocycles. The average Bonchev–Trinajstić information content (AvgIpc) is 2.66. The normalized spacial score (nSPS) is 26.3. The van der Waals surface area contributed by atoms with Crippen LogP contribution >= 0.6 is 0 Å². The molecule has 0 radical (unpaired) electrons. The number of ether oxygens (including phenoxy) is 1. The molecular weight excluding hydrogens is 240 g/mol. The molecule has 2 fully saturated rings. The van der Waals surface area contributed by atoms with Gasteiger partial charge >= 0.3 is 5.97 Å². The van der Waals surface area contributed by atoms with Gasteiger partial charge in [0.25, 0.3) is 0 Å². The number of hydrogen-bond acceptors (Lipinski definition) is 5. The highest BCUT2D eigenvalue weighted by molar-refractivity contribution is 6.05. The van der Waals surface area contributed by atoms with Crippen LogP contribution in [-0.4, -0.2) is 59.6 Å². The lowest BCUT2D eigenvalue weighted by Crippen LogP contribution is -2.46. The number of carbonyl (C=O) groups excluding carboxylic acids is 2. The number of aliphatic carboxylic acids is 1. The molecule has 18 heavy (non-hydrogen) atoms. The summed E-state index contributed by atoms with van der Waals surface area (Å²) in [4.78, 5) is 34.9. The number of likely N-dealkylation sites (tertiary alicyclic amines) is 1. The van der Waals surface area contributed by atoms with Crippen LogP contribution in [0.2, 0.25) is 0 Å². The third-order valence-electron chi connectivity index (χ3n) is 3.30. The molecule has 1 atom stereocenters. The zero-order chi connectivity index (χ0) is 13.1. The highest BCUT2D eigenvalue weighted by Crippen LogP contribution is 2.19. The third kappa shape index (κ3) is 3.05. The van der Waals surface area contributed by atoms with Gasteiger partial charge in [0.1, 0.15) is 6.61 Å². The second-order valence-electron chi connectivity index (χ2n) is 4.57. The van der Waals surface area contributed by atoms with Crippen molar-refractivity contribution < 1.29 is 24.2 Å². The van der Waals surface area contributed by atoms with Crippen molar-refractivity contribution in [2.45, 2.75) is 31.4 Å². The molecule has 2 amide bonds. The highest BCUT2D eigenvalue weighted by Gasteiger charge is 2.36. The minimum atomic E-state index is -0.974. The van der Waals surface area contributed by atoms with Crippen molar-refractivity contribution in [3.05, 3.63) is 0 Å². The Balaban J connectivity index is 1.78. The maximum Gasteiger partial charge on any atom is 0.329 e. The Morgan fingerprint density at radius 1 is 1.39 bits per heavy atom. The van der Waals surface area contributed by atoms with E-state index in [0.717, 1.165) is 0 Å². The predicted octanol–water partition coefficient (Wildman–Crippen LogP) is -1.03. The minimum Gasteiger partial charge on any atom is -0.480 e. The number of nitrogens with one attached hydrogen (secondary N) is 1. The van der Waals surface area contributed by atoms with E-state index >= 15 is 0 Å². The zero-order valence-corrected chi connectivity index (χ0v) is 9.92. The van der Waals surface area contributed by atoms with Crippen molar-refractivity contribution in [1.82, 2.24) is 10.2 Å². The fourth-order valence-corrected chi connectivity index (χ4v) is 2.38. The standard InChI is InChI=1S/C11H16N2O5/c14-9-5-8(11(17)12-9)13-3-1-7(2-4-13)18-6-10(15)16/h7-8H,1-6H2,(H,15,16)(H,12,14,17). The first-order chi connectivity index (χ1) is 8.56. The first-order valence-corrected chi connectivity index (χ1v) is 5.97. The Morgan fingerprint density at radius 2 is 2.06 bits per heavy atom. The molecule has 2 aliphatic heterocycles. The lowest BCUT2D eigenvalue weighted by Gasteiger charge is -2.34. The largest absolute Gasteiger partial charge is 0.480 e. The molecule has 1 unspecified atom stereocenters. The number of carboxylic acid groups (broad SMARTS) is 1. The van der Waals surface area contributed by atoms with Gasteiger partial charge in [0, 0.05) is 13.1 Å². The van der Waals surface area contributed by atoms with Crippen LogP contribution in [0, 0.1) is 0 Å². The van der Waals surface area contributed by atoms with Crippen LogP contribution in [0.5, 0.6) is 0 Å². The fourth-order valence-electron chi connectivity index (χ4n) is 2.38. The summed E-state index contributed by atoms with van der Waals surface area (Å²) in [6.45, 7) is 1.01. The predicted molar refractivity (Wildman–Crippen MR) is 59.7 cm³/mol. The van der Waals surface area contributed by atoms with E-state index in [-0.39, 0.29) is 37.0 Å². The van der Waals surface area contributed by atoms with Gasteiger partial charge in [-0.3, -0.25) is 19.8 Å². The molecule has 0 aliphatic carbocycles. The Bertz CT molecular complexity index is 362. The van der Waals surface area contributed by atoms with E-state index in [1.165, 1.54) is 0 Å². The molecule has 7 nitrogen and oxygen atoms in total. The second-order valence-corrected chi connectivity index (χ2v) is 4.57. The van der Waals surface area contributed by atoms with Crippen LogP contribution in [-0.2, 0) is 19.1 Å². The van der Waals surface area contributed by atoms with Crippen LogP contribution in [0.1, 0.15) is 19.3 Å². The number of carboxylic acids is 1. The summed E-state index contributed by atoms with van der Waals surface area (Å²) >= 11 is 0. The van der Waals surface area contributed by atoms with E-state index in [4.69, 9.17) is 9.84 Å². The van der Waals surface area contributed by atoms with Crippen LogP contribution < -0.4 is 5.32 Å². The lowest BCUT2D eigenvalue weighted by molar-refractivity contribution is -0.145. The van der Waals surface area contributed by atoms with Gasteiger partial charge in [0.2, 0.25) is 11.8 Å². The molecule has 7 heteroatoms. The summed E-state index contributed by atoms with van der Waals surface area (Å²) < 4.78 is 5.21. The Kier molecular flexibility index (Phi) is 3.93. The van der Waals surface area contributed by atoms with E-state index in [9.17, 15) is 14.4 Å². The monoisotopic (exact) mass is 256 g/mol. The second kappa shape index (κ2) is 5.45. The van der Waals surface area contributed by atoms with Crippen LogP contribution in [0.25, 0.3) is 0 Å².